The smallest absolute Gasteiger partial charge is 0.233 e. The van der Waals surface area contributed by atoms with Gasteiger partial charge in [0.25, 0.3) is 0 Å². The summed E-state index contributed by atoms with van der Waals surface area (Å²) in [7, 11) is 1.63. The Morgan fingerprint density at radius 2 is 1.90 bits per heavy atom. The highest BCUT2D eigenvalue weighted by atomic mass is 32.2. The first-order valence-electron chi connectivity index (χ1n) is 10.4. The second-order valence-electron chi connectivity index (χ2n) is 7.67. The zero-order valence-corrected chi connectivity index (χ0v) is 19.5. The number of carbonyl (C=O) groups is 1. The zero-order chi connectivity index (χ0) is 22.2. The van der Waals surface area contributed by atoms with Crippen molar-refractivity contribution < 1.29 is 19.4 Å². The van der Waals surface area contributed by atoms with Crippen molar-refractivity contribution >= 4 is 34.2 Å². The number of hydrogen-bond acceptors (Lipinski definition) is 6. The van der Waals surface area contributed by atoms with E-state index in [1.165, 1.54) is 17.3 Å². The van der Waals surface area contributed by atoms with Gasteiger partial charge in [-0.05, 0) is 36.1 Å². The zero-order valence-electron chi connectivity index (χ0n) is 17.9. The van der Waals surface area contributed by atoms with Crippen LogP contribution in [0.15, 0.2) is 54.6 Å². The highest BCUT2D eigenvalue weighted by Gasteiger charge is 2.37. The maximum atomic E-state index is 13.1. The number of ether oxygens (including phenoxy) is 2. The number of methoxy groups -OCH3 is 1. The third-order valence-corrected chi connectivity index (χ3v) is 7.01. The summed E-state index contributed by atoms with van der Waals surface area (Å²) in [5.41, 5.74) is 2.21. The topological polar surface area (TPSA) is 59.0 Å². The van der Waals surface area contributed by atoms with Gasteiger partial charge >= 0.3 is 0 Å². The summed E-state index contributed by atoms with van der Waals surface area (Å²) in [5, 5.41) is 10.6. The van der Waals surface area contributed by atoms with Gasteiger partial charge in [-0.15, -0.1) is 0 Å². The normalized spacial score (nSPS) is 18.1. The van der Waals surface area contributed by atoms with Gasteiger partial charge in [-0.25, -0.2) is 0 Å². The maximum Gasteiger partial charge on any atom is 0.233 e. The van der Waals surface area contributed by atoms with Crippen LogP contribution in [0.2, 0.25) is 0 Å². The van der Waals surface area contributed by atoms with Crippen LogP contribution in [-0.2, 0) is 22.6 Å². The molecule has 1 fully saturated rings. The summed E-state index contributed by atoms with van der Waals surface area (Å²) in [6.45, 7) is 2.59. The van der Waals surface area contributed by atoms with Crippen LogP contribution < -0.4 is 4.74 Å². The molecule has 1 heterocycles. The lowest BCUT2D eigenvalue weighted by Crippen LogP contribution is -2.45. The first kappa shape index (κ1) is 23.7. The van der Waals surface area contributed by atoms with Crippen LogP contribution in [0.3, 0.4) is 0 Å². The molecule has 1 aliphatic rings. The first-order valence-corrected chi connectivity index (χ1v) is 11.8. The van der Waals surface area contributed by atoms with Gasteiger partial charge in [0.2, 0.25) is 5.91 Å². The minimum Gasteiger partial charge on any atom is -0.497 e. The number of nitrogens with zero attached hydrogens (tertiary/aromatic N) is 1. The molecule has 1 aliphatic heterocycles. The molecule has 31 heavy (non-hydrogen) atoms. The number of hydrogen-bond donors (Lipinski definition) is 1. The van der Waals surface area contributed by atoms with Crippen LogP contribution in [0, 0.1) is 5.92 Å². The van der Waals surface area contributed by atoms with Crippen molar-refractivity contribution in [2.75, 3.05) is 19.5 Å². The first-order chi connectivity index (χ1) is 15.0. The minimum atomic E-state index is -0.783. The molecule has 7 heteroatoms. The van der Waals surface area contributed by atoms with E-state index in [-0.39, 0.29) is 11.9 Å². The number of aliphatic hydroxyl groups is 1. The molecule has 5 nitrogen and oxygen atoms in total. The van der Waals surface area contributed by atoms with Crippen LogP contribution >= 0.6 is 24.0 Å². The van der Waals surface area contributed by atoms with Crippen molar-refractivity contribution in [1.29, 1.82) is 0 Å². The summed E-state index contributed by atoms with van der Waals surface area (Å²) in [5.74, 6) is 0.931. The molecule has 0 aromatic heterocycles. The lowest BCUT2D eigenvalue weighted by Gasteiger charge is -2.28. The van der Waals surface area contributed by atoms with E-state index in [9.17, 15) is 9.90 Å². The van der Waals surface area contributed by atoms with E-state index < -0.39 is 12.0 Å². The van der Waals surface area contributed by atoms with Crippen LogP contribution in [0.4, 0.5) is 0 Å². The fourth-order valence-corrected chi connectivity index (χ4v) is 4.94. The SMILES string of the molecule is COc1ccc(COCC[C@H](O)[C@@H](C)C(=O)N2C(=S)SC[C@@H]2Cc2ccccc2)cc1. The largest absolute Gasteiger partial charge is 0.497 e. The van der Waals surface area contributed by atoms with Gasteiger partial charge < -0.3 is 14.6 Å². The average Bonchev–Trinajstić information content (AvgIpc) is 3.16. The molecule has 166 valence electrons. The number of rotatable bonds is 10. The summed E-state index contributed by atoms with van der Waals surface area (Å²) >= 11 is 6.98. The van der Waals surface area contributed by atoms with E-state index >= 15 is 0 Å². The van der Waals surface area contributed by atoms with Gasteiger partial charge in [-0.2, -0.15) is 0 Å². The van der Waals surface area contributed by atoms with E-state index in [2.05, 4.69) is 12.1 Å². The standard InChI is InChI=1S/C24H29NO4S2/c1-17(22(26)12-13-29-15-19-8-10-21(28-2)11-9-19)23(27)25-20(16-31-24(25)30)14-18-6-4-3-5-7-18/h3-11,17,20,22,26H,12-16H2,1-2H3/t17-,20+,22+/m1/s1. The fourth-order valence-electron chi connectivity index (χ4n) is 3.52. The molecule has 3 atom stereocenters. The molecule has 0 radical (unpaired) electrons. The quantitative estimate of drug-likeness (QED) is 0.427. The van der Waals surface area contributed by atoms with Gasteiger partial charge in [0, 0.05) is 12.4 Å². The number of carbonyl (C=O) groups excluding carboxylic acids is 1. The van der Waals surface area contributed by atoms with E-state index in [0.717, 1.165) is 23.5 Å². The third kappa shape index (κ3) is 6.53. The molecule has 3 rings (SSSR count). The van der Waals surface area contributed by atoms with E-state index in [1.54, 1.807) is 18.9 Å². The Bertz CT molecular complexity index is 860. The summed E-state index contributed by atoms with van der Waals surface area (Å²) < 4.78 is 11.4. The molecule has 0 bridgehead atoms. The Hall–Kier alpha value is -1.93. The average molecular weight is 460 g/mol. The van der Waals surface area contributed by atoms with E-state index in [1.807, 2.05) is 42.5 Å². The van der Waals surface area contributed by atoms with Crippen molar-refractivity contribution in [2.45, 2.75) is 38.5 Å². The van der Waals surface area contributed by atoms with Crippen molar-refractivity contribution in [3.63, 3.8) is 0 Å². The second-order valence-corrected chi connectivity index (χ2v) is 9.33. The Kier molecular flexibility index (Phi) is 8.90. The summed E-state index contributed by atoms with van der Waals surface area (Å²) in [4.78, 5) is 14.8. The van der Waals surface area contributed by atoms with Gasteiger partial charge in [0.15, 0.2) is 0 Å². The third-order valence-electron chi connectivity index (χ3n) is 5.47. The molecule has 0 aliphatic carbocycles. The molecule has 1 saturated heterocycles. The minimum absolute atomic E-state index is 0.0216. The van der Waals surface area contributed by atoms with Crippen LogP contribution in [0.1, 0.15) is 24.5 Å². The fraction of sp³-hybridized carbons (Fsp3) is 0.417. The number of benzene rings is 2. The molecule has 2 aromatic rings. The molecule has 2 aromatic carbocycles. The van der Waals surface area contributed by atoms with Gasteiger partial charge in [-0.3, -0.25) is 9.69 Å². The van der Waals surface area contributed by atoms with Crippen molar-refractivity contribution in [2.24, 2.45) is 5.92 Å². The molecular formula is C24H29NO4S2. The highest BCUT2D eigenvalue weighted by Crippen LogP contribution is 2.29. The number of thioether (sulfide) groups is 1. The molecule has 0 saturated carbocycles. The van der Waals surface area contributed by atoms with Gasteiger partial charge in [0.05, 0.1) is 31.8 Å². The van der Waals surface area contributed by atoms with Crippen LogP contribution in [-0.4, -0.2) is 51.8 Å². The number of thiocarbonyl (C=S) groups is 1. The molecule has 0 spiro atoms. The lowest BCUT2D eigenvalue weighted by molar-refractivity contribution is -0.135. The van der Waals surface area contributed by atoms with Gasteiger partial charge in [-0.1, -0.05) is 73.4 Å². The van der Waals surface area contributed by atoms with Crippen molar-refractivity contribution in [3.05, 3.63) is 65.7 Å². The summed E-state index contributed by atoms with van der Waals surface area (Å²) in [6, 6.07) is 17.8. The Morgan fingerprint density at radius 3 is 2.58 bits per heavy atom. The van der Waals surface area contributed by atoms with E-state index in [0.29, 0.717) is 24.0 Å². The monoisotopic (exact) mass is 459 g/mol. The molecule has 0 unspecified atom stereocenters. The number of amides is 1. The van der Waals surface area contributed by atoms with Crippen molar-refractivity contribution in [3.8, 4) is 5.75 Å². The lowest BCUT2D eigenvalue weighted by atomic mass is 9.99. The van der Waals surface area contributed by atoms with E-state index in [4.69, 9.17) is 21.7 Å². The Morgan fingerprint density at radius 1 is 1.19 bits per heavy atom. The summed E-state index contributed by atoms with van der Waals surface area (Å²) in [6.07, 6.45) is 0.363. The predicted octanol–water partition coefficient (Wildman–Crippen LogP) is 4.07. The van der Waals surface area contributed by atoms with Crippen LogP contribution in [0.5, 0.6) is 5.75 Å². The number of aliphatic hydroxyl groups excluding tert-OH is 1. The maximum absolute atomic E-state index is 13.1. The molecule has 1 amide bonds. The highest BCUT2D eigenvalue weighted by molar-refractivity contribution is 8.23. The van der Waals surface area contributed by atoms with Crippen molar-refractivity contribution in [1.82, 2.24) is 4.90 Å². The molecule has 1 N–H and O–H groups in total. The second kappa shape index (κ2) is 11.6. The Labute approximate surface area is 193 Å². The van der Waals surface area contributed by atoms with Crippen LogP contribution in [0.25, 0.3) is 0 Å². The van der Waals surface area contributed by atoms with Gasteiger partial charge in [0.1, 0.15) is 10.1 Å². The predicted molar refractivity (Wildman–Crippen MR) is 128 cm³/mol. The molecular weight excluding hydrogens is 430 g/mol. The Balaban J connectivity index is 1.48.